The number of nitrogens with zero attached hydrogens (tertiary/aromatic N) is 4. The van der Waals surface area contributed by atoms with Crippen LogP contribution in [0.4, 0.5) is 0 Å². The Morgan fingerprint density at radius 1 is 1.48 bits per heavy atom. The number of amides is 1. The summed E-state index contributed by atoms with van der Waals surface area (Å²) in [7, 11) is 0. The minimum Gasteiger partial charge on any atom is -0.477 e. The first kappa shape index (κ1) is 22.1. The zero-order chi connectivity index (χ0) is 20.0. The number of carboxylic acids is 1. The molecule has 0 aliphatic carbocycles. The molecule has 11 heteroatoms. The van der Waals surface area contributed by atoms with E-state index >= 15 is 0 Å². The Bertz CT molecular complexity index is 802. The van der Waals surface area contributed by atoms with E-state index in [4.69, 9.17) is 0 Å². The number of aliphatic hydroxyl groups excluding tert-OH is 1. The molecule has 29 heavy (non-hydrogen) atoms. The van der Waals surface area contributed by atoms with Crippen LogP contribution < -0.4 is 5.32 Å². The number of nitrogens with one attached hydrogen (secondary N) is 1. The van der Waals surface area contributed by atoms with Gasteiger partial charge in [-0.15, -0.1) is 29.3 Å². The third-order valence-electron chi connectivity index (χ3n) is 5.96. The molecule has 4 rings (SSSR count). The molecule has 0 saturated carbocycles. The monoisotopic (exact) mass is 443 g/mol. The number of thioether (sulfide) groups is 1. The van der Waals surface area contributed by atoms with Crippen molar-refractivity contribution in [1.29, 1.82) is 0 Å². The summed E-state index contributed by atoms with van der Waals surface area (Å²) >= 11 is 1.58. The van der Waals surface area contributed by atoms with Gasteiger partial charge in [0.05, 0.1) is 24.3 Å². The number of carbonyl (C=O) groups excluding carboxylic acids is 1. The Morgan fingerprint density at radius 3 is 2.86 bits per heavy atom. The van der Waals surface area contributed by atoms with Gasteiger partial charge in [0.15, 0.2) is 0 Å². The zero-order valence-corrected chi connectivity index (χ0v) is 17.9. The predicted molar refractivity (Wildman–Crippen MR) is 109 cm³/mol. The number of aliphatic carboxylic acids is 1. The smallest absolute Gasteiger partial charge is 0.353 e. The highest BCUT2D eigenvalue weighted by Crippen LogP contribution is 2.51. The van der Waals surface area contributed by atoms with Crippen LogP contribution in [-0.2, 0) is 16.1 Å². The lowest BCUT2D eigenvalue weighted by Gasteiger charge is -2.46. The molecule has 2 fully saturated rings. The van der Waals surface area contributed by atoms with E-state index in [1.807, 2.05) is 13.1 Å². The molecular formula is C18H26ClN5O4S. The Labute approximate surface area is 179 Å². The summed E-state index contributed by atoms with van der Waals surface area (Å²) in [6.45, 7) is 5.14. The van der Waals surface area contributed by atoms with E-state index in [1.165, 1.54) is 4.90 Å². The third-order valence-corrected chi connectivity index (χ3v) is 7.48. The van der Waals surface area contributed by atoms with Gasteiger partial charge in [-0.2, -0.15) is 0 Å². The van der Waals surface area contributed by atoms with Gasteiger partial charge in [-0.05, 0) is 19.8 Å². The van der Waals surface area contributed by atoms with Gasteiger partial charge in [-0.3, -0.25) is 9.48 Å². The lowest BCUT2D eigenvalue weighted by Crippen LogP contribution is -2.63. The summed E-state index contributed by atoms with van der Waals surface area (Å²) in [5, 5.41) is 31.2. The van der Waals surface area contributed by atoms with Crippen molar-refractivity contribution in [2.75, 3.05) is 6.54 Å². The molecule has 0 radical (unpaired) electrons. The number of carbonyl (C=O) groups is 2. The van der Waals surface area contributed by atoms with Crippen molar-refractivity contribution in [3.05, 3.63) is 23.0 Å². The summed E-state index contributed by atoms with van der Waals surface area (Å²) in [5.74, 6) is -1.94. The van der Waals surface area contributed by atoms with E-state index in [-0.39, 0.29) is 41.2 Å². The van der Waals surface area contributed by atoms with Crippen molar-refractivity contribution in [2.45, 2.75) is 56.7 Å². The van der Waals surface area contributed by atoms with Crippen LogP contribution in [0.1, 0.15) is 26.7 Å². The van der Waals surface area contributed by atoms with E-state index < -0.39 is 18.0 Å². The maximum atomic E-state index is 12.4. The zero-order valence-electron chi connectivity index (χ0n) is 16.3. The molecule has 0 bridgehead atoms. The minimum atomic E-state index is -1.07. The van der Waals surface area contributed by atoms with E-state index in [0.29, 0.717) is 6.04 Å². The number of aromatic nitrogens is 3. The van der Waals surface area contributed by atoms with Gasteiger partial charge >= 0.3 is 5.97 Å². The molecule has 160 valence electrons. The first-order valence-corrected chi connectivity index (χ1v) is 10.5. The molecular weight excluding hydrogens is 418 g/mol. The number of hydrogen-bond donors (Lipinski definition) is 3. The highest BCUT2D eigenvalue weighted by Gasteiger charge is 2.60. The van der Waals surface area contributed by atoms with Gasteiger partial charge in [0.2, 0.25) is 5.91 Å². The van der Waals surface area contributed by atoms with Crippen molar-refractivity contribution in [2.24, 2.45) is 11.8 Å². The van der Waals surface area contributed by atoms with Crippen LogP contribution in [0.15, 0.2) is 23.0 Å². The highest BCUT2D eigenvalue weighted by molar-refractivity contribution is 8.03. The fourth-order valence-electron chi connectivity index (χ4n) is 4.59. The van der Waals surface area contributed by atoms with Crippen LogP contribution in [0.3, 0.4) is 0 Å². The lowest BCUT2D eigenvalue weighted by molar-refractivity contribution is -0.163. The second-order valence-electron chi connectivity index (χ2n) is 7.81. The summed E-state index contributed by atoms with van der Waals surface area (Å²) in [6, 6.07) is 0.0923. The normalized spacial score (nSPS) is 32.0. The molecule has 3 N–H and O–H groups in total. The second-order valence-corrected chi connectivity index (χ2v) is 9.15. The summed E-state index contributed by atoms with van der Waals surface area (Å²) in [5.41, 5.74) is 0.107. The number of fused-ring (bicyclic) bond motifs is 1. The fraction of sp³-hybridized carbons (Fsp3) is 0.667. The van der Waals surface area contributed by atoms with Gasteiger partial charge in [0.25, 0.3) is 0 Å². The van der Waals surface area contributed by atoms with Crippen molar-refractivity contribution in [3.63, 3.8) is 0 Å². The van der Waals surface area contributed by atoms with Crippen LogP contribution in [0.2, 0.25) is 0 Å². The minimum absolute atomic E-state index is 0. The number of carboxylic acid groups (broad SMARTS) is 1. The van der Waals surface area contributed by atoms with Crippen molar-refractivity contribution in [3.8, 4) is 0 Å². The Hall–Kier alpha value is -1.62. The maximum absolute atomic E-state index is 12.4. The van der Waals surface area contributed by atoms with Crippen molar-refractivity contribution < 1.29 is 19.8 Å². The molecule has 4 heterocycles. The van der Waals surface area contributed by atoms with E-state index in [2.05, 4.69) is 15.6 Å². The Kier molecular flexibility index (Phi) is 6.57. The second kappa shape index (κ2) is 8.63. The van der Waals surface area contributed by atoms with Gasteiger partial charge in [-0.25, -0.2) is 4.79 Å². The Balaban J connectivity index is 0.00000240. The van der Waals surface area contributed by atoms with Crippen LogP contribution in [-0.4, -0.2) is 72.0 Å². The molecule has 2 saturated heterocycles. The van der Waals surface area contributed by atoms with E-state index in [1.54, 1.807) is 29.6 Å². The summed E-state index contributed by atoms with van der Waals surface area (Å²) < 4.78 is 1.80. The summed E-state index contributed by atoms with van der Waals surface area (Å²) in [4.78, 5) is 26.4. The van der Waals surface area contributed by atoms with Crippen LogP contribution >= 0.6 is 24.2 Å². The topological polar surface area (TPSA) is 121 Å². The molecule has 1 aromatic rings. The SMILES string of the molecule is C[C@@H](O)[C@H]1C(=O)N2C(C(=O)O)=C(S[C@@H]3CN[C@H](CCn4ccnn4)C3)[C@H](C)[C@H]12.Cl. The molecule has 9 nitrogen and oxygen atoms in total. The molecule has 0 aromatic carbocycles. The molecule has 3 aliphatic rings. The van der Waals surface area contributed by atoms with Crippen LogP contribution in [0.25, 0.3) is 0 Å². The van der Waals surface area contributed by atoms with E-state index in [9.17, 15) is 19.8 Å². The number of aliphatic hydroxyl groups is 1. The van der Waals surface area contributed by atoms with Gasteiger partial charge in [0.1, 0.15) is 5.70 Å². The van der Waals surface area contributed by atoms with Gasteiger partial charge in [-0.1, -0.05) is 12.1 Å². The van der Waals surface area contributed by atoms with Crippen LogP contribution in [0, 0.1) is 11.8 Å². The quantitative estimate of drug-likeness (QED) is 0.527. The molecule has 3 aliphatic heterocycles. The standard InChI is InChI=1S/C18H25N5O4S.ClH/c1-9-14-13(10(2)24)17(25)23(14)15(18(26)27)16(9)28-12-7-11(19-8-12)3-5-22-6-4-20-21-22;/h4,6,9-14,19,24H,3,5,7-8H2,1-2H3,(H,26,27);1H/t9-,10-,11-,12+,13-,14-;/m1./s1. The molecule has 0 spiro atoms. The largest absolute Gasteiger partial charge is 0.477 e. The van der Waals surface area contributed by atoms with Crippen molar-refractivity contribution >= 4 is 36.0 Å². The highest BCUT2D eigenvalue weighted by atomic mass is 35.5. The number of hydrogen-bond acceptors (Lipinski definition) is 7. The van der Waals surface area contributed by atoms with Crippen LogP contribution in [0.5, 0.6) is 0 Å². The maximum Gasteiger partial charge on any atom is 0.353 e. The van der Waals surface area contributed by atoms with Gasteiger partial charge in [0, 0.05) is 41.4 Å². The molecule has 1 aromatic heterocycles. The average Bonchev–Trinajstić information content (AvgIpc) is 3.34. The predicted octanol–water partition coefficient (Wildman–Crippen LogP) is 0.707. The Morgan fingerprint density at radius 2 is 2.24 bits per heavy atom. The third kappa shape index (κ3) is 3.90. The average molecular weight is 444 g/mol. The molecule has 6 atom stereocenters. The molecule has 0 unspecified atom stereocenters. The first-order valence-electron chi connectivity index (χ1n) is 9.61. The van der Waals surface area contributed by atoms with E-state index in [0.717, 1.165) is 30.8 Å². The van der Waals surface area contributed by atoms with Gasteiger partial charge < -0.3 is 20.4 Å². The number of β-lactam (4-membered cyclic amide) rings is 1. The fourth-order valence-corrected chi connectivity index (χ4v) is 6.11. The lowest BCUT2D eigenvalue weighted by atomic mass is 9.79. The number of halogens is 1. The first-order chi connectivity index (χ1) is 13.4. The number of rotatable bonds is 7. The van der Waals surface area contributed by atoms with Crippen molar-refractivity contribution in [1.82, 2.24) is 25.2 Å². The summed E-state index contributed by atoms with van der Waals surface area (Å²) in [6.07, 6.45) is 4.59. The molecule has 1 amide bonds. The number of aryl methyl sites for hydroxylation is 1.